The standard InChI is InChI=1S/C6H8FNS/c7-5(4-8)6-2-1-3-9-6/h1-3,5H,4,8H2/t5-/m1/s1. The molecule has 0 spiro atoms. The molecule has 1 rings (SSSR count). The number of rotatable bonds is 2. The van der Waals surface area contributed by atoms with Gasteiger partial charge in [0.05, 0.1) is 0 Å². The van der Waals surface area contributed by atoms with Crippen LogP contribution in [0.5, 0.6) is 0 Å². The molecule has 1 atom stereocenters. The average Bonchev–Trinajstić information content (AvgIpc) is 2.37. The summed E-state index contributed by atoms with van der Waals surface area (Å²) < 4.78 is 12.6. The zero-order valence-corrected chi connectivity index (χ0v) is 5.70. The van der Waals surface area contributed by atoms with Gasteiger partial charge in [0, 0.05) is 11.4 Å². The van der Waals surface area contributed by atoms with Crippen molar-refractivity contribution in [3.05, 3.63) is 22.4 Å². The Morgan fingerprint density at radius 2 is 2.56 bits per heavy atom. The second-order valence-corrected chi connectivity index (χ2v) is 2.70. The van der Waals surface area contributed by atoms with Crippen LogP contribution in [0.2, 0.25) is 0 Å². The van der Waals surface area contributed by atoms with Crippen molar-refractivity contribution >= 4 is 11.3 Å². The average molecular weight is 145 g/mol. The molecule has 2 N–H and O–H groups in total. The van der Waals surface area contributed by atoms with Gasteiger partial charge >= 0.3 is 0 Å². The molecule has 1 heterocycles. The van der Waals surface area contributed by atoms with E-state index in [9.17, 15) is 4.39 Å². The summed E-state index contributed by atoms with van der Waals surface area (Å²) in [5, 5.41) is 1.84. The van der Waals surface area contributed by atoms with Crippen LogP contribution < -0.4 is 5.73 Å². The quantitative estimate of drug-likeness (QED) is 0.673. The fourth-order valence-electron chi connectivity index (χ4n) is 0.586. The van der Waals surface area contributed by atoms with Gasteiger partial charge in [-0.25, -0.2) is 4.39 Å². The molecule has 0 aliphatic heterocycles. The summed E-state index contributed by atoms with van der Waals surface area (Å²) in [4.78, 5) is 0.720. The number of alkyl halides is 1. The highest BCUT2D eigenvalue weighted by Gasteiger charge is 2.05. The molecule has 1 aromatic rings. The maximum absolute atomic E-state index is 12.6. The summed E-state index contributed by atoms with van der Waals surface area (Å²) in [6, 6.07) is 3.57. The highest BCUT2D eigenvalue weighted by Crippen LogP contribution is 2.20. The molecule has 0 saturated heterocycles. The van der Waals surface area contributed by atoms with Crippen molar-refractivity contribution in [2.24, 2.45) is 5.73 Å². The minimum atomic E-state index is -0.968. The first kappa shape index (κ1) is 6.71. The van der Waals surface area contributed by atoms with Gasteiger partial charge in [-0.3, -0.25) is 0 Å². The Balaban J connectivity index is 2.65. The maximum atomic E-state index is 12.6. The first-order valence-corrected chi connectivity index (χ1v) is 3.60. The first-order chi connectivity index (χ1) is 4.34. The van der Waals surface area contributed by atoms with E-state index in [1.54, 1.807) is 6.07 Å². The van der Waals surface area contributed by atoms with E-state index in [4.69, 9.17) is 5.73 Å². The molecule has 0 saturated carbocycles. The Bertz CT molecular complexity index is 162. The first-order valence-electron chi connectivity index (χ1n) is 2.72. The molecule has 50 valence electrons. The molecule has 0 aliphatic carbocycles. The zero-order chi connectivity index (χ0) is 6.69. The molecule has 0 aromatic carbocycles. The van der Waals surface area contributed by atoms with Crippen LogP contribution in [0.25, 0.3) is 0 Å². The molecule has 1 aromatic heterocycles. The second-order valence-electron chi connectivity index (χ2n) is 1.72. The molecule has 0 aliphatic rings. The molecular formula is C6H8FNS. The van der Waals surface area contributed by atoms with Gasteiger partial charge in [0.15, 0.2) is 0 Å². The summed E-state index contributed by atoms with van der Waals surface area (Å²) in [6.45, 7) is 0.0838. The Labute approximate surface area is 57.3 Å². The van der Waals surface area contributed by atoms with E-state index < -0.39 is 6.17 Å². The van der Waals surface area contributed by atoms with Gasteiger partial charge in [0.1, 0.15) is 6.17 Å². The van der Waals surface area contributed by atoms with Crippen molar-refractivity contribution in [2.75, 3.05) is 6.54 Å². The molecule has 0 bridgehead atoms. The van der Waals surface area contributed by atoms with Crippen LogP contribution in [0.1, 0.15) is 11.0 Å². The second kappa shape index (κ2) is 2.94. The van der Waals surface area contributed by atoms with Crippen molar-refractivity contribution in [3.8, 4) is 0 Å². The molecule has 0 unspecified atom stereocenters. The van der Waals surface area contributed by atoms with Gasteiger partial charge in [0.2, 0.25) is 0 Å². The van der Waals surface area contributed by atoms with E-state index in [0.29, 0.717) is 0 Å². The zero-order valence-electron chi connectivity index (χ0n) is 4.88. The number of hydrogen-bond acceptors (Lipinski definition) is 2. The van der Waals surface area contributed by atoms with Crippen molar-refractivity contribution in [3.63, 3.8) is 0 Å². The van der Waals surface area contributed by atoms with Crippen molar-refractivity contribution in [1.29, 1.82) is 0 Å². The Morgan fingerprint density at radius 1 is 1.78 bits per heavy atom. The van der Waals surface area contributed by atoms with Gasteiger partial charge in [0.25, 0.3) is 0 Å². The van der Waals surface area contributed by atoms with Crippen LogP contribution >= 0.6 is 11.3 Å². The van der Waals surface area contributed by atoms with Crippen LogP contribution in [-0.2, 0) is 0 Å². The Kier molecular flexibility index (Phi) is 2.19. The predicted octanol–water partition coefficient (Wildman–Crippen LogP) is 1.72. The van der Waals surface area contributed by atoms with E-state index in [1.807, 2.05) is 11.4 Å². The van der Waals surface area contributed by atoms with E-state index in [0.717, 1.165) is 4.88 Å². The SMILES string of the molecule is NC[C@@H](F)c1cccs1. The highest BCUT2D eigenvalue weighted by atomic mass is 32.1. The van der Waals surface area contributed by atoms with Gasteiger partial charge in [-0.15, -0.1) is 11.3 Å². The maximum Gasteiger partial charge on any atom is 0.146 e. The lowest BCUT2D eigenvalue weighted by atomic mass is 10.3. The normalized spacial score (nSPS) is 13.6. The number of nitrogens with two attached hydrogens (primary N) is 1. The topological polar surface area (TPSA) is 26.0 Å². The minimum Gasteiger partial charge on any atom is -0.327 e. The molecule has 9 heavy (non-hydrogen) atoms. The minimum absolute atomic E-state index is 0.0838. The molecule has 1 nitrogen and oxygen atoms in total. The fourth-order valence-corrected chi connectivity index (χ4v) is 1.30. The van der Waals surface area contributed by atoms with E-state index in [1.165, 1.54) is 11.3 Å². The summed E-state index contributed by atoms with van der Waals surface area (Å²) in [5.74, 6) is 0. The van der Waals surface area contributed by atoms with Gasteiger partial charge < -0.3 is 5.73 Å². The lowest BCUT2D eigenvalue weighted by Crippen LogP contribution is -2.05. The Morgan fingerprint density at radius 3 is 3.00 bits per heavy atom. The largest absolute Gasteiger partial charge is 0.327 e. The predicted molar refractivity (Wildman–Crippen MR) is 37.2 cm³/mol. The van der Waals surface area contributed by atoms with Gasteiger partial charge in [-0.05, 0) is 11.4 Å². The third-order valence-corrected chi connectivity index (χ3v) is 2.02. The molecular weight excluding hydrogens is 137 g/mol. The van der Waals surface area contributed by atoms with Crippen LogP contribution in [0.4, 0.5) is 4.39 Å². The summed E-state index contributed by atoms with van der Waals surface area (Å²) in [7, 11) is 0. The van der Waals surface area contributed by atoms with Crippen LogP contribution in [0, 0.1) is 0 Å². The fraction of sp³-hybridized carbons (Fsp3) is 0.333. The van der Waals surface area contributed by atoms with Gasteiger partial charge in [-0.2, -0.15) is 0 Å². The third-order valence-electron chi connectivity index (χ3n) is 1.06. The third kappa shape index (κ3) is 1.50. The van der Waals surface area contributed by atoms with Crippen LogP contribution in [0.15, 0.2) is 17.5 Å². The van der Waals surface area contributed by atoms with E-state index >= 15 is 0 Å². The highest BCUT2D eigenvalue weighted by molar-refractivity contribution is 7.10. The van der Waals surface area contributed by atoms with E-state index in [2.05, 4.69) is 0 Å². The smallest absolute Gasteiger partial charge is 0.146 e. The number of halogens is 1. The van der Waals surface area contributed by atoms with Crippen LogP contribution in [0.3, 0.4) is 0 Å². The van der Waals surface area contributed by atoms with Gasteiger partial charge in [-0.1, -0.05) is 6.07 Å². The van der Waals surface area contributed by atoms with E-state index in [-0.39, 0.29) is 6.54 Å². The van der Waals surface area contributed by atoms with Crippen molar-refractivity contribution < 1.29 is 4.39 Å². The number of thiophene rings is 1. The summed E-state index contributed by atoms with van der Waals surface area (Å²) >= 11 is 1.40. The molecule has 0 radical (unpaired) electrons. The summed E-state index contributed by atoms with van der Waals surface area (Å²) in [5.41, 5.74) is 5.09. The summed E-state index contributed by atoms with van der Waals surface area (Å²) in [6.07, 6.45) is -0.968. The van der Waals surface area contributed by atoms with Crippen molar-refractivity contribution in [2.45, 2.75) is 6.17 Å². The van der Waals surface area contributed by atoms with Crippen molar-refractivity contribution in [1.82, 2.24) is 0 Å². The molecule has 0 amide bonds. The Hall–Kier alpha value is -0.410. The molecule has 0 fully saturated rings. The monoisotopic (exact) mass is 145 g/mol. The lowest BCUT2D eigenvalue weighted by molar-refractivity contribution is 0.358. The number of hydrogen-bond donors (Lipinski definition) is 1. The van der Waals surface area contributed by atoms with Crippen LogP contribution in [-0.4, -0.2) is 6.54 Å². The molecule has 3 heteroatoms. The lowest BCUT2D eigenvalue weighted by Gasteiger charge is -1.98.